The van der Waals surface area contributed by atoms with Crippen LogP contribution in [0.1, 0.15) is 61.7 Å². The van der Waals surface area contributed by atoms with Gasteiger partial charge in [0.2, 0.25) is 0 Å². The van der Waals surface area contributed by atoms with Crippen LogP contribution in [0.2, 0.25) is 0 Å². The number of nitrogens with one attached hydrogen (secondary N) is 1. The Morgan fingerprint density at radius 2 is 1.31 bits per heavy atom. The molecule has 0 unspecified atom stereocenters. The molecule has 0 heterocycles. The van der Waals surface area contributed by atoms with Gasteiger partial charge in [0.1, 0.15) is 0 Å². The fourth-order valence-electron chi connectivity index (χ4n) is 3.19. The predicted molar refractivity (Wildman–Crippen MR) is 117 cm³/mol. The lowest BCUT2D eigenvalue weighted by Gasteiger charge is -2.07. The lowest BCUT2D eigenvalue weighted by molar-refractivity contribution is 0.0697. The van der Waals surface area contributed by atoms with Crippen molar-refractivity contribution in [2.75, 3.05) is 17.6 Å². The normalized spacial score (nSPS) is 11.3. The maximum absolute atomic E-state index is 12.2. The second-order valence-electron chi connectivity index (χ2n) is 7.27. The molecule has 2 aromatic rings. The Hall–Kier alpha value is -2.34. The number of aromatic carboxylic acids is 1. The summed E-state index contributed by atoms with van der Waals surface area (Å²) in [5, 5.41) is 12.2. The van der Waals surface area contributed by atoms with Crippen LogP contribution in [0.5, 0.6) is 0 Å². The monoisotopic (exact) mass is 417 g/mol. The number of hydrogen-bond acceptors (Lipinski definition) is 4. The Morgan fingerprint density at radius 1 is 0.759 bits per heavy atom. The number of carbonyl (C=O) groups is 1. The smallest absolute Gasteiger partial charge is 0.335 e. The summed E-state index contributed by atoms with van der Waals surface area (Å²) in [4.78, 5) is 11.2. The van der Waals surface area contributed by atoms with Crippen molar-refractivity contribution >= 4 is 21.5 Å². The largest absolute Gasteiger partial charge is 0.478 e. The summed E-state index contributed by atoms with van der Waals surface area (Å²) < 4.78 is 24.4. The summed E-state index contributed by atoms with van der Waals surface area (Å²) in [5.41, 5.74) is 1.24. The average molecular weight is 418 g/mol. The first-order chi connectivity index (χ1) is 14.0. The first kappa shape index (κ1) is 22.9. The molecule has 0 aliphatic rings. The Morgan fingerprint density at radius 3 is 1.90 bits per heavy atom. The van der Waals surface area contributed by atoms with E-state index in [1.54, 1.807) is 48.5 Å². The number of anilines is 1. The zero-order chi connectivity index (χ0) is 21.0. The molecule has 0 aliphatic heterocycles. The summed E-state index contributed by atoms with van der Waals surface area (Å²) in [6.45, 7) is 0.879. The highest BCUT2D eigenvalue weighted by Gasteiger charge is 2.12. The zero-order valence-corrected chi connectivity index (χ0v) is 17.7. The van der Waals surface area contributed by atoms with E-state index in [0.29, 0.717) is 10.5 Å². The van der Waals surface area contributed by atoms with E-state index < -0.39 is 15.8 Å². The van der Waals surface area contributed by atoms with E-state index in [9.17, 15) is 13.2 Å². The summed E-state index contributed by atoms with van der Waals surface area (Å²) in [5.74, 6) is -0.676. The van der Waals surface area contributed by atoms with E-state index in [0.717, 1.165) is 50.8 Å². The molecule has 6 heteroatoms. The maximum atomic E-state index is 12.2. The molecule has 29 heavy (non-hydrogen) atoms. The summed E-state index contributed by atoms with van der Waals surface area (Å²) in [7, 11) is -3.13. The van der Waals surface area contributed by atoms with Crippen molar-refractivity contribution in [2.24, 2.45) is 0 Å². The number of rotatable bonds is 14. The van der Waals surface area contributed by atoms with Gasteiger partial charge in [0.25, 0.3) is 0 Å². The Bertz CT molecular complexity index is 833. The van der Waals surface area contributed by atoms with E-state index in [2.05, 4.69) is 5.32 Å². The first-order valence-electron chi connectivity index (χ1n) is 10.3. The molecule has 0 fully saturated rings. The molecular formula is C23H31NO4S. The number of benzene rings is 2. The van der Waals surface area contributed by atoms with Crippen LogP contribution in [-0.4, -0.2) is 31.8 Å². The van der Waals surface area contributed by atoms with Gasteiger partial charge >= 0.3 is 5.97 Å². The van der Waals surface area contributed by atoms with Crippen LogP contribution in [0.25, 0.3) is 0 Å². The molecule has 0 radical (unpaired) electrons. The van der Waals surface area contributed by atoms with E-state index >= 15 is 0 Å². The van der Waals surface area contributed by atoms with E-state index in [4.69, 9.17) is 5.11 Å². The van der Waals surface area contributed by atoms with Crippen molar-refractivity contribution in [3.8, 4) is 0 Å². The minimum absolute atomic E-state index is 0.232. The molecule has 2 aromatic carbocycles. The SMILES string of the molecule is O=C(O)c1ccc(NCCCCCCCCCCS(=O)(=O)c2ccccc2)cc1. The van der Waals surface area contributed by atoms with Crippen molar-refractivity contribution in [3.63, 3.8) is 0 Å². The maximum Gasteiger partial charge on any atom is 0.335 e. The van der Waals surface area contributed by atoms with Gasteiger partial charge in [0.15, 0.2) is 9.84 Å². The number of carboxylic acids is 1. The topological polar surface area (TPSA) is 83.5 Å². The van der Waals surface area contributed by atoms with Gasteiger partial charge in [-0.25, -0.2) is 13.2 Å². The van der Waals surface area contributed by atoms with Crippen molar-refractivity contribution in [1.29, 1.82) is 0 Å². The molecule has 0 amide bonds. The van der Waals surface area contributed by atoms with Gasteiger partial charge in [-0.3, -0.25) is 0 Å². The molecule has 0 bridgehead atoms. The van der Waals surface area contributed by atoms with Gasteiger partial charge in [-0.2, -0.15) is 0 Å². The second kappa shape index (κ2) is 12.3. The fourth-order valence-corrected chi connectivity index (χ4v) is 4.58. The van der Waals surface area contributed by atoms with Crippen LogP contribution in [0.4, 0.5) is 5.69 Å². The van der Waals surface area contributed by atoms with Gasteiger partial charge in [-0.1, -0.05) is 56.7 Å². The standard InChI is InChI=1S/C23H31NO4S/c25-23(26)20-14-16-21(17-15-20)24-18-10-5-3-1-2-4-6-11-19-29(27,28)22-12-8-7-9-13-22/h7-9,12-17,24H,1-6,10-11,18-19H2,(H,25,26). The first-order valence-corrected chi connectivity index (χ1v) is 12.0. The summed E-state index contributed by atoms with van der Waals surface area (Å²) in [6.07, 6.45) is 8.51. The third kappa shape index (κ3) is 8.69. The Kier molecular flexibility index (Phi) is 9.71. The van der Waals surface area contributed by atoms with Crippen LogP contribution in [0.15, 0.2) is 59.5 Å². The second-order valence-corrected chi connectivity index (χ2v) is 9.38. The summed E-state index contributed by atoms with van der Waals surface area (Å²) >= 11 is 0. The third-order valence-corrected chi connectivity index (χ3v) is 6.72. The van der Waals surface area contributed by atoms with Gasteiger partial charge in [-0.15, -0.1) is 0 Å². The van der Waals surface area contributed by atoms with E-state index in [1.165, 1.54) is 12.8 Å². The van der Waals surface area contributed by atoms with Crippen molar-refractivity contribution in [3.05, 3.63) is 60.2 Å². The van der Waals surface area contributed by atoms with Crippen LogP contribution in [-0.2, 0) is 9.84 Å². The van der Waals surface area contributed by atoms with Crippen LogP contribution >= 0.6 is 0 Å². The lowest BCUT2D eigenvalue weighted by Crippen LogP contribution is -2.06. The van der Waals surface area contributed by atoms with Crippen molar-refractivity contribution in [1.82, 2.24) is 0 Å². The van der Waals surface area contributed by atoms with Crippen molar-refractivity contribution < 1.29 is 18.3 Å². The van der Waals surface area contributed by atoms with Gasteiger partial charge < -0.3 is 10.4 Å². The molecule has 0 aliphatic carbocycles. The third-order valence-electron chi connectivity index (χ3n) is 4.90. The number of unbranched alkanes of at least 4 members (excludes halogenated alkanes) is 7. The molecule has 158 valence electrons. The zero-order valence-electron chi connectivity index (χ0n) is 16.8. The Labute approximate surface area is 174 Å². The highest BCUT2D eigenvalue weighted by molar-refractivity contribution is 7.91. The minimum atomic E-state index is -3.13. The van der Waals surface area contributed by atoms with Gasteiger partial charge in [0, 0.05) is 12.2 Å². The Balaban J connectivity index is 1.45. The van der Waals surface area contributed by atoms with Crippen LogP contribution < -0.4 is 5.32 Å². The molecule has 0 atom stereocenters. The molecule has 0 aromatic heterocycles. The highest BCUT2D eigenvalue weighted by Crippen LogP contribution is 2.15. The number of carboxylic acid groups (broad SMARTS) is 1. The summed E-state index contributed by atoms with van der Waals surface area (Å²) in [6, 6.07) is 15.5. The molecule has 0 saturated carbocycles. The highest BCUT2D eigenvalue weighted by atomic mass is 32.2. The minimum Gasteiger partial charge on any atom is -0.478 e. The van der Waals surface area contributed by atoms with Crippen molar-refractivity contribution in [2.45, 2.75) is 56.3 Å². The predicted octanol–water partition coefficient (Wildman–Crippen LogP) is 5.39. The van der Waals surface area contributed by atoms with Crippen LogP contribution in [0.3, 0.4) is 0 Å². The van der Waals surface area contributed by atoms with Gasteiger partial charge in [0.05, 0.1) is 16.2 Å². The lowest BCUT2D eigenvalue weighted by atomic mass is 10.1. The number of hydrogen-bond donors (Lipinski definition) is 2. The van der Waals surface area contributed by atoms with Crippen LogP contribution in [0, 0.1) is 0 Å². The fraction of sp³-hybridized carbons (Fsp3) is 0.435. The number of sulfone groups is 1. The molecule has 5 nitrogen and oxygen atoms in total. The van der Waals surface area contributed by atoms with E-state index in [1.807, 2.05) is 6.07 Å². The molecule has 0 spiro atoms. The molecule has 0 saturated heterocycles. The average Bonchev–Trinajstić information content (AvgIpc) is 2.73. The van der Waals surface area contributed by atoms with E-state index in [-0.39, 0.29) is 5.75 Å². The molecule has 2 N–H and O–H groups in total. The quantitative estimate of drug-likeness (QED) is 0.403. The molecule has 2 rings (SSSR count). The molecular weight excluding hydrogens is 386 g/mol. The van der Waals surface area contributed by atoms with Gasteiger partial charge in [-0.05, 0) is 49.2 Å².